The van der Waals surface area contributed by atoms with Crippen molar-refractivity contribution in [2.24, 2.45) is 4.99 Å². The topological polar surface area (TPSA) is 55.1 Å². The molecule has 0 atom stereocenters. The Labute approximate surface area is 192 Å². The van der Waals surface area contributed by atoms with Crippen LogP contribution in [0.25, 0.3) is 28.1 Å². The Morgan fingerprint density at radius 1 is 0.909 bits per heavy atom. The number of aryl methyl sites for hydroxylation is 2. The molecule has 0 saturated heterocycles. The number of fused-ring (bicyclic) bond motifs is 2. The summed E-state index contributed by atoms with van der Waals surface area (Å²) in [7, 11) is 0. The highest BCUT2D eigenvalue weighted by atomic mass is 15.0. The van der Waals surface area contributed by atoms with Gasteiger partial charge in [-0.15, -0.1) is 0 Å². The molecule has 3 aliphatic rings. The lowest BCUT2D eigenvalue weighted by atomic mass is 10.1. The third-order valence-electron chi connectivity index (χ3n) is 6.13. The molecule has 0 radical (unpaired) electrons. The Balaban J connectivity index is 1.64. The van der Waals surface area contributed by atoms with Crippen LogP contribution in [0.1, 0.15) is 24.1 Å². The molecule has 1 saturated carbocycles. The van der Waals surface area contributed by atoms with Crippen molar-refractivity contribution in [3.63, 3.8) is 0 Å². The van der Waals surface area contributed by atoms with E-state index in [4.69, 9.17) is 9.98 Å². The fraction of sp³-hybridized carbons (Fsp3) is 0.179. The Bertz CT molecular complexity index is 1510. The zero-order valence-electron chi connectivity index (χ0n) is 18.8. The fourth-order valence-electron chi connectivity index (χ4n) is 4.18. The van der Waals surface area contributed by atoms with Gasteiger partial charge in [0.2, 0.25) is 0 Å². The van der Waals surface area contributed by atoms with Gasteiger partial charge in [-0.3, -0.25) is 9.98 Å². The average molecular weight is 432 g/mol. The zero-order chi connectivity index (χ0) is 22.4. The van der Waals surface area contributed by atoms with Gasteiger partial charge in [-0.1, -0.05) is 29.8 Å². The normalized spacial score (nSPS) is 14.2. The summed E-state index contributed by atoms with van der Waals surface area (Å²) in [5.41, 5.74) is 9.26. The largest absolute Gasteiger partial charge is 0.352 e. The number of hydrogen-bond acceptors (Lipinski definition) is 4. The molecule has 1 fully saturated rings. The summed E-state index contributed by atoms with van der Waals surface area (Å²) in [6, 6.07) is 25.7. The van der Waals surface area contributed by atoms with Crippen LogP contribution in [-0.4, -0.2) is 20.6 Å². The van der Waals surface area contributed by atoms with E-state index in [0.717, 1.165) is 63.4 Å². The van der Waals surface area contributed by atoms with Crippen molar-refractivity contribution >= 4 is 22.4 Å². The summed E-state index contributed by atoms with van der Waals surface area (Å²) in [5, 5.41) is 4.54. The van der Waals surface area contributed by atoms with Crippen molar-refractivity contribution in [2.75, 3.05) is 5.32 Å². The highest BCUT2D eigenvalue weighted by Crippen LogP contribution is 2.31. The van der Waals surface area contributed by atoms with Gasteiger partial charge in [-0.25, -0.2) is 4.98 Å². The van der Waals surface area contributed by atoms with E-state index < -0.39 is 0 Å². The van der Waals surface area contributed by atoms with Crippen LogP contribution in [0, 0.1) is 13.8 Å². The van der Waals surface area contributed by atoms with Crippen molar-refractivity contribution in [3.05, 3.63) is 95.6 Å². The molecule has 3 aromatic rings. The Hall–Kier alpha value is -3.99. The van der Waals surface area contributed by atoms with Crippen LogP contribution in [0.4, 0.5) is 11.4 Å². The molecule has 1 N–H and O–H groups in total. The molecule has 1 aliphatic heterocycles. The molecule has 0 amide bonds. The van der Waals surface area contributed by atoms with Crippen molar-refractivity contribution in [1.82, 2.24) is 14.5 Å². The molecule has 33 heavy (non-hydrogen) atoms. The predicted molar refractivity (Wildman–Crippen MR) is 133 cm³/mol. The van der Waals surface area contributed by atoms with E-state index in [-0.39, 0.29) is 0 Å². The van der Waals surface area contributed by atoms with E-state index in [9.17, 15) is 0 Å². The van der Waals surface area contributed by atoms with E-state index in [1.165, 1.54) is 5.56 Å². The van der Waals surface area contributed by atoms with E-state index in [1.54, 1.807) is 0 Å². The summed E-state index contributed by atoms with van der Waals surface area (Å²) < 4.78 is 2.29. The van der Waals surface area contributed by atoms with Gasteiger partial charge in [0, 0.05) is 11.9 Å². The second-order valence-electron chi connectivity index (χ2n) is 8.75. The molecule has 6 rings (SSSR count). The van der Waals surface area contributed by atoms with Gasteiger partial charge in [-0.05, 0) is 75.2 Å². The summed E-state index contributed by atoms with van der Waals surface area (Å²) in [6.45, 7) is 4.13. The molecule has 1 aromatic heterocycles. The fourth-order valence-corrected chi connectivity index (χ4v) is 4.18. The summed E-state index contributed by atoms with van der Waals surface area (Å²) in [6.07, 6.45) is 4.11. The number of hydrogen-bond donors (Lipinski definition) is 1. The maximum atomic E-state index is 5.05. The number of aromatic nitrogens is 3. The molecule has 2 heterocycles. The quantitative estimate of drug-likeness (QED) is 0.358. The SMILES string of the molecule is Cc1ccc(-n2c3cc(=NC4CC4)c(Nc4cccnc4C)cc-3nc3ccccc32)cc1. The van der Waals surface area contributed by atoms with Crippen LogP contribution >= 0.6 is 0 Å². The summed E-state index contributed by atoms with van der Waals surface area (Å²) in [5.74, 6) is 0. The number of benzene rings is 3. The minimum absolute atomic E-state index is 0.402. The molecule has 0 bridgehead atoms. The summed E-state index contributed by atoms with van der Waals surface area (Å²) in [4.78, 5) is 14.5. The molecule has 5 heteroatoms. The van der Waals surface area contributed by atoms with Crippen LogP contribution in [-0.2, 0) is 0 Å². The number of pyridine rings is 1. The van der Waals surface area contributed by atoms with Crippen molar-refractivity contribution in [3.8, 4) is 17.1 Å². The van der Waals surface area contributed by atoms with E-state index >= 15 is 0 Å². The van der Waals surface area contributed by atoms with Gasteiger partial charge >= 0.3 is 0 Å². The highest BCUT2D eigenvalue weighted by Gasteiger charge is 2.22. The maximum absolute atomic E-state index is 5.05. The van der Waals surface area contributed by atoms with Crippen LogP contribution in [0.3, 0.4) is 0 Å². The lowest BCUT2D eigenvalue weighted by molar-refractivity contribution is 0.997. The maximum Gasteiger partial charge on any atom is 0.0900 e. The summed E-state index contributed by atoms with van der Waals surface area (Å²) >= 11 is 0. The lowest BCUT2D eigenvalue weighted by Gasteiger charge is -2.20. The van der Waals surface area contributed by atoms with Crippen molar-refractivity contribution in [1.29, 1.82) is 0 Å². The standard InChI is InChI=1S/C28H25N5/c1-18-9-13-21(14-10-18)33-27-8-4-3-6-23(27)32-26-16-24(31-22-7-5-15-29-19(22)2)25(17-28(26)33)30-20-11-12-20/h3-10,13-17,20,31H,11-12H2,1-2H3. The first kappa shape index (κ1) is 19.7. The Kier molecular flexibility index (Phi) is 4.68. The van der Waals surface area contributed by atoms with E-state index in [0.29, 0.717) is 6.04 Å². The van der Waals surface area contributed by atoms with Gasteiger partial charge < -0.3 is 9.88 Å². The van der Waals surface area contributed by atoms with Gasteiger partial charge in [0.15, 0.2) is 0 Å². The minimum Gasteiger partial charge on any atom is -0.352 e. The molecule has 5 nitrogen and oxygen atoms in total. The lowest BCUT2D eigenvalue weighted by Crippen LogP contribution is -2.16. The number of rotatable bonds is 4. The van der Waals surface area contributed by atoms with Gasteiger partial charge in [-0.2, -0.15) is 0 Å². The first-order chi connectivity index (χ1) is 16.2. The van der Waals surface area contributed by atoms with Gasteiger partial charge in [0.05, 0.1) is 50.9 Å². The molecule has 2 aliphatic carbocycles. The molecule has 0 unspecified atom stereocenters. The molecule has 0 spiro atoms. The van der Waals surface area contributed by atoms with Crippen LogP contribution in [0.2, 0.25) is 0 Å². The predicted octanol–water partition coefficient (Wildman–Crippen LogP) is 5.95. The van der Waals surface area contributed by atoms with Crippen LogP contribution in [0.15, 0.2) is 84.0 Å². The Morgan fingerprint density at radius 2 is 1.73 bits per heavy atom. The van der Waals surface area contributed by atoms with Crippen molar-refractivity contribution < 1.29 is 0 Å². The first-order valence-corrected chi connectivity index (χ1v) is 11.4. The van der Waals surface area contributed by atoms with Crippen LogP contribution < -0.4 is 10.7 Å². The Morgan fingerprint density at radius 3 is 2.52 bits per heavy atom. The van der Waals surface area contributed by atoms with Gasteiger partial charge in [0.25, 0.3) is 0 Å². The molecule has 162 valence electrons. The number of nitrogens with one attached hydrogen (secondary N) is 1. The minimum atomic E-state index is 0.402. The third-order valence-corrected chi connectivity index (χ3v) is 6.13. The number of para-hydroxylation sites is 2. The van der Waals surface area contributed by atoms with Crippen LogP contribution in [0.5, 0.6) is 0 Å². The zero-order valence-corrected chi connectivity index (χ0v) is 18.8. The third kappa shape index (κ3) is 3.76. The van der Waals surface area contributed by atoms with E-state index in [2.05, 4.69) is 76.4 Å². The van der Waals surface area contributed by atoms with Crippen molar-refractivity contribution in [2.45, 2.75) is 32.7 Å². The number of anilines is 2. The number of nitrogens with zero attached hydrogens (tertiary/aromatic N) is 4. The second kappa shape index (κ2) is 7.85. The average Bonchev–Trinajstić information content (AvgIpc) is 3.64. The van der Waals surface area contributed by atoms with Gasteiger partial charge in [0.1, 0.15) is 0 Å². The molecular formula is C28H25N5. The highest BCUT2D eigenvalue weighted by molar-refractivity contribution is 5.84. The molecule has 2 aromatic carbocycles. The molecular weight excluding hydrogens is 406 g/mol. The second-order valence-corrected chi connectivity index (χ2v) is 8.75. The van der Waals surface area contributed by atoms with E-state index in [1.807, 2.05) is 31.3 Å². The first-order valence-electron chi connectivity index (χ1n) is 11.4. The smallest absolute Gasteiger partial charge is 0.0900 e. The monoisotopic (exact) mass is 431 g/mol.